The van der Waals surface area contributed by atoms with Gasteiger partial charge < -0.3 is 10.4 Å². The van der Waals surface area contributed by atoms with Crippen LogP contribution in [0.3, 0.4) is 0 Å². The Morgan fingerprint density at radius 1 is 1.45 bits per heavy atom. The van der Waals surface area contributed by atoms with Crippen molar-refractivity contribution in [1.82, 2.24) is 5.32 Å². The number of carboxylic acids is 1. The van der Waals surface area contributed by atoms with Crippen molar-refractivity contribution in [2.75, 3.05) is 6.54 Å². The molecule has 0 aliphatic heterocycles. The zero-order valence-corrected chi connectivity index (χ0v) is 10.8. The molecule has 7 nitrogen and oxygen atoms in total. The fourth-order valence-corrected chi connectivity index (χ4v) is 1.59. The minimum Gasteiger partial charge on any atom is -0.481 e. The molecule has 0 saturated heterocycles. The van der Waals surface area contributed by atoms with Crippen molar-refractivity contribution in [1.29, 1.82) is 0 Å². The minimum atomic E-state index is -1.09. The highest BCUT2D eigenvalue weighted by Crippen LogP contribution is 2.26. The third-order valence-corrected chi connectivity index (χ3v) is 2.62. The van der Waals surface area contributed by atoms with Gasteiger partial charge in [-0.05, 0) is 6.07 Å². The largest absolute Gasteiger partial charge is 0.481 e. The molecule has 9 heteroatoms. The van der Waals surface area contributed by atoms with Gasteiger partial charge in [0.05, 0.1) is 22.8 Å². The molecule has 0 radical (unpaired) electrons. The number of hydrogen-bond donors (Lipinski definition) is 2. The Bertz CT molecular complexity index is 564. The van der Waals surface area contributed by atoms with Crippen LogP contribution in [0.4, 0.5) is 10.1 Å². The van der Waals surface area contributed by atoms with Gasteiger partial charge in [0.15, 0.2) is 0 Å². The van der Waals surface area contributed by atoms with Gasteiger partial charge in [0.25, 0.3) is 5.69 Å². The van der Waals surface area contributed by atoms with Gasteiger partial charge in [-0.25, -0.2) is 4.39 Å². The van der Waals surface area contributed by atoms with E-state index >= 15 is 0 Å². The van der Waals surface area contributed by atoms with E-state index in [9.17, 15) is 24.1 Å². The number of nitro benzene ring substituents is 1. The van der Waals surface area contributed by atoms with Crippen molar-refractivity contribution >= 4 is 29.2 Å². The molecule has 0 spiro atoms. The molecule has 0 saturated carbocycles. The molecule has 0 atom stereocenters. The number of nitrogens with one attached hydrogen (secondary N) is 1. The second-order valence-corrected chi connectivity index (χ2v) is 4.23. The number of rotatable bonds is 6. The fraction of sp³-hybridized carbons (Fsp3) is 0.273. The third kappa shape index (κ3) is 4.47. The highest BCUT2D eigenvalue weighted by atomic mass is 35.5. The van der Waals surface area contributed by atoms with Crippen LogP contribution in [-0.4, -0.2) is 28.5 Å². The highest BCUT2D eigenvalue weighted by Gasteiger charge is 2.19. The van der Waals surface area contributed by atoms with Crippen LogP contribution in [0.15, 0.2) is 12.1 Å². The molecule has 0 heterocycles. The first-order valence-corrected chi connectivity index (χ1v) is 5.80. The van der Waals surface area contributed by atoms with Crippen molar-refractivity contribution < 1.29 is 24.0 Å². The molecule has 1 aromatic rings. The number of amides is 1. The molecule has 0 aliphatic rings. The van der Waals surface area contributed by atoms with Gasteiger partial charge in [0, 0.05) is 18.2 Å². The van der Waals surface area contributed by atoms with Gasteiger partial charge in [-0.2, -0.15) is 0 Å². The number of nitrogens with zero attached hydrogens (tertiary/aromatic N) is 1. The van der Waals surface area contributed by atoms with E-state index in [0.29, 0.717) is 0 Å². The predicted molar refractivity (Wildman–Crippen MR) is 67.0 cm³/mol. The topological polar surface area (TPSA) is 110 Å². The first-order valence-electron chi connectivity index (χ1n) is 5.42. The van der Waals surface area contributed by atoms with Crippen molar-refractivity contribution in [3.8, 4) is 0 Å². The van der Waals surface area contributed by atoms with Crippen LogP contribution < -0.4 is 5.32 Å². The maximum absolute atomic E-state index is 13.3. The average Bonchev–Trinajstić information content (AvgIpc) is 2.32. The molecule has 2 N–H and O–H groups in total. The molecule has 0 bridgehead atoms. The van der Waals surface area contributed by atoms with Crippen LogP contribution in [-0.2, 0) is 16.0 Å². The van der Waals surface area contributed by atoms with E-state index in [1.807, 2.05) is 0 Å². The molecule has 1 rings (SSSR count). The van der Waals surface area contributed by atoms with E-state index in [4.69, 9.17) is 16.7 Å². The number of carboxylic acid groups (broad SMARTS) is 1. The third-order valence-electron chi connectivity index (χ3n) is 2.33. The first-order chi connectivity index (χ1) is 9.31. The van der Waals surface area contributed by atoms with Crippen molar-refractivity contribution in [3.05, 3.63) is 38.7 Å². The number of hydrogen-bond acceptors (Lipinski definition) is 4. The van der Waals surface area contributed by atoms with Crippen molar-refractivity contribution in [2.45, 2.75) is 12.8 Å². The Hall–Kier alpha value is -2.22. The zero-order chi connectivity index (χ0) is 15.3. The minimum absolute atomic E-state index is 0.113. The van der Waals surface area contributed by atoms with Crippen LogP contribution in [0.2, 0.25) is 5.02 Å². The number of halogens is 2. The summed E-state index contributed by atoms with van der Waals surface area (Å²) in [6.45, 7) is -0.113. The smallest absolute Gasteiger partial charge is 0.305 e. The van der Waals surface area contributed by atoms with Gasteiger partial charge in [-0.1, -0.05) is 11.6 Å². The summed E-state index contributed by atoms with van der Waals surface area (Å²) >= 11 is 5.44. The van der Waals surface area contributed by atoms with Crippen molar-refractivity contribution in [2.24, 2.45) is 0 Å². The number of carbonyl (C=O) groups excluding carboxylic acids is 1. The molecule has 0 fully saturated rings. The van der Waals surface area contributed by atoms with E-state index in [1.54, 1.807) is 0 Å². The molecular formula is C11H10ClFN2O5. The summed E-state index contributed by atoms with van der Waals surface area (Å²) in [5.74, 6) is -2.60. The monoisotopic (exact) mass is 304 g/mol. The lowest BCUT2D eigenvalue weighted by molar-refractivity contribution is -0.385. The highest BCUT2D eigenvalue weighted by molar-refractivity contribution is 6.31. The lowest BCUT2D eigenvalue weighted by Crippen LogP contribution is -2.27. The summed E-state index contributed by atoms with van der Waals surface area (Å²) in [6, 6.07) is 1.65. The lowest BCUT2D eigenvalue weighted by atomic mass is 10.1. The maximum Gasteiger partial charge on any atom is 0.305 e. The molecule has 1 aromatic carbocycles. The average molecular weight is 305 g/mol. The van der Waals surface area contributed by atoms with Crippen LogP contribution in [0.5, 0.6) is 0 Å². The van der Waals surface area contributed by atoms with Crippen LogP contribution in [0.1, 0.15) is 12.0 Å². The standard InChI is InChI=1S/C11H10ClFN2O5/c12-7-5-9(15(19)20)6(3-8(7)13)4-10(16)14-2-1-11(17)18/h3,5H,1-2,4H2,(H,14,16)(H,17,18). The van der Waals surface area contributed by atoms with Crippen LogP contribution in [0.25, 0.3) is 0 Å². The number of benzene rings is 1. The summed E-state index contributed by atoms with van der Waals surface area (Å²) in [5.41, 5.74) is -0.602. The summed E-state index contributed by atoms with van der Waals surface area (Å²) in [7, 11) is 0. The van der Waals surface area contributed by atoms with E-state index in [1.165, 1.54) is 0 Å². The van der Waals surface area contributed by atoms with E-state index in [-0.39, 0.29) is 18.5 Å². The molecule has 20 heavy (non-hydrogen) atoms. The molecule has 0 aliphatic carbocycles. The Morgan fingerprint density at radius 2 is 2.10 bits per heavy atom. The van der Waals surface area contributed by atoms with Crippen molar-refractivity contribution in [3.63, 3.8) is 0 Å². The maximum atomic E-state index is 13.3. The number of nitro groups is 1. The van der Waals surface area contributed by atoms with Gasteiger partial charge in [-0.15, -0.1) is 0 Å². The summed E-state index contributed by atoms with van der Waals surface area (Å²) < 4.78 is 13.3. The second kappa shape index (κ2) is 6.80. The summed E-state index contributed by atoms with van der Waals surface area (Å²) in [5, 5.41) is 21.0. The van der Waals surface area contributed by atoms with Crippen LogP contribution in [0, 0.1) is 15.9 Å². The normalized spacial score (nSPS) is 10.1. The molecule has 108 valence electrons. The molecule has 0 aromatic heterocycles. The van der Waals surface area contributed by atoms with Gasteiger partial charge in [0.1, 0.15) is 5.82 Å². The van der Waals surface area contributed by atoms with E-state index in [0.717, 1.165) is 12.1 Å². The Kier molecular flexibility index (Phi) is 5.39. The van der Waals surface area contributed by atoms with Gasteiger partial charge >= 0.3 is 5.97 Å². The molecule has 0 unspecified atom stereocenters. The lowest BCUT2D eigenvalue weighted by Gasteiger charge is -2.05. The molecular weight excluding hydrogens is 295 g/mol. The van der Waals surface area contributed by atoms with Gasteiger partial charge in [0.2, 0.25) is 5.91 Å². The summed E-state index contributed by atoms with van der Waals surface area (Å²) in [4.78, 5) is 31.8. The number of aliphatic carboxylic acids is 1. The Morgan fingerprint density at radius 3 is 2.65 bits per heavy atom. The zero-order valence-electron chi connectivity index (χ0n) is 10.1. The predicted octanol–water partition coefficient (Wildman–Crippen LogP) is 1.52. The first kappa shape index (κ1) is 15.8. The van der Waals surface area contributed by atoms with E-state index in [2.05, 4.69) is 5.32 Å². The quantitative estimate of drug-likeness (QED) is 0.611. The molecule has 1 amide bonds. The SMILES string of the molecule is O=C(O)CCNC(=O)Cc1cc(F)c(Cl)cc1[N+](=O)[O-]. The van der Waals surface area contributed by atoms with Gasteiger partial charge in [-0.3, -0.25) is 19.7 Å². The van der Waals surface area contributed by atoms with Crippen LogP contribution >= 0.6 is 11.6 Å². The Balaban J connectivity index is 2.80. The fourth-order valence-electron chi connectivity index (χ4n) is 1.43. The van der Waals surface area contributed by atoms with E-state index < -0.39 is 39.7 Å². The summed E-state index contributed by atoms with van der Waals surface area (Å²) in [6.07, 6.45) is -0.715. The second-order valence-electron chi connectivity index (χ2n) is 3.82. The Labute approximate surface area is 117 Å². The number of carbonyl (C=O) groups is 2.